The van der Waals surface area contributed by atoms with E-state index in [1.165, 1.54) is 18.5 Å². The lowest BCUT2D eigenvalue weighted by Gasteiger charge is -2.22. The molecule has 2 aliphatic heterocycles. The molecule has 23 heavy (non-hydrogen) atoms. The van der Waals surface area contributed by atoms with Gasteiger partial charge in [-0.25, -0.2) is 0 Å². The zero-order valence-electron chi connectivity index (χ0n) is 13.6. The van der Waals surface area contributed by atoms with Gasteiger partial charge < -0.3 is 15.5 Å². The summed E-state index contributed by atoms with van der Waals surface area (Å²) in [7, 11) is 0. The Bertz CT molecular complexity index is 514. The van der Waals surface area contributed by atoms with Gasteiger partial charge >= 0.3 is 0 Å². The van der Waals surface area contributed by atoms with E-state index >= 15 is 0 Å². The second kappa shape index (κ2) is 8.15. The largest absolute Gasteiger partial charge is 0.369 e. The quantitative estimate of drug-likeness (QED) is 0.826. The van der Waals surface area contributed by atoms with Crippen molar-refractivity contribution in [1.82, 2.24) is 10.6 Å². The molecule has 2 heterocycles. The molecule has 1 aromatic carbocycles. The number of anilines is 1. The van der Waals surface area contributed by atoms with Gasteiger partial charge in [0.1, 0.15) is 0 Å². The van der Waals surface area contributed by atoms with Gasteiger partial charge in [-0.2, -0.15) is 0 Å². The van der Waals surface area contributed by atoms with Gasteiger partial charge in [0.25, 0.3) is 0 Å². The highest BCUT2D eigenvalue weighted by molar-refractivity contribution is 9.10. The lowest BCUT2D eigenvalue weighted by molar-refractivity contribution is -0.122. The number of carbonyl (C=O) groups is 1. The number of amides is 1. The number of hydrogen-bond donors (Lipinski definition) is 2. The maximum absolute atomic E-state index is 12.2. The van der Waals surface area contributed by atoms with Gasteiger partial charge in [-0.15, -0.1) is 0 Å². The molecule has 126 valence electrons. The second-order valence-corrected chi connectivity index (χ2v) is 7.62. The Balaban J connectivity index is 1.40. The molecule has 2 N–H and O–H groups in total. The molecule has 2 saturated heterocycles. The van der Waals surface area contributed by atoms with Gasteiger partial charge in [-0.1, -0.05) is 15.9 Å². The normalized spacial score (nSPS) is 22.3. The van der Waals surface area contributed by atoms with Crippen molar-refractivity contribution in [2.75, 3.05) is 31.1 Å². The molecule has 0 aromatic heterocycles. The zero-order valence-corrected chi connectivity index (χ0v) is 15.1. The van der Waals surface area contributed by atoms with E-state index in [0.717, 1.165) is 49.4 Å². The van der Waals surface area contributed by atoms with Crippen LogP contribution in [0.1, 0.15) is 32.1 Å². The van der Waals surface area contributed by atoms with Crippen LogP contribution in [0.5, 0.6) is 0 Å². The third-order valence-corrected chi connectivity index (χ3v) is 5.51. The Kier molecular flexibility index (Phi) is 5.95. The zero-order chi connectivity index (χ0) is 16.1. The van der Waals surface area contributed by atoms with Crippen LogP contribution in [0.15, 0.2) is 28.7 Å². The van der Waals surface area contributed by atoms with Gasteiger partial charge in [-0.3, -0.25) is 4.79 Å². The molecule has 5 heteroatoms. The summed E-state index contributed by atoms with van der Waals surface area (Å²) in [4.78, 5) is 14.5. The maximum Gasteiger partial charge on any atom is 0.220 e. The second-order valence-electron chi connectivity index (χ2n) is 6.71. The van der Waals surface area contributed by atoms with Crippen LogP contribution in [0, 0.1) is 5.92 Å². The average Bonchev–Trinajstić information content (AvgIpc) is 3.03. The molecule has 3 rings (SSSR count). The molecule has 0 bridgehead atoms. The Morgan fingerprint density at radius 3 is 2.70 bits per heavy atom. The Labute approximate surface area is 147 Å². The minimum atomic E-state index is 0.228. The lowest BCUT2D eigenvalue weighted by atomic mass is 9.93. The predicted octanol–water partition coefficient (Wildman–Crippen LogP) is 2.92. The van der Waals surface area contributed by atoms with Crippen molar-refractivity contribution >= 4 is 27.5 Å². The summed E-state index contributed by atoms with van der Waals surface area (Å²) < 4.78 is 1.10. The minimum Gasteiger partial charge on any atom is -0.369 e. The predicted molar refractivity (Wildman–Crippen MR) is 97.7 cm³/mol. The summed E-state index contributed by atoms with van der Waals surface area (Å²) in [5.74, 6) is 0.955. The first-order valence-electron chi connectivity index (χ1n) is 8.71. The molecule has 0 radical (unpaired) electrons. The highest BCUT2D eigenvalue weighted by Crippen LogP contribution is 2.23. The number of hydrogen-bond acceptors (Lipinski definition) is 3. The first-order valence-corrected chi connectivity index (χ1v) is 9.50. The van der Waals surface area contributed by atoms with E-state index in [1.54, 1.807) is 0 Å². The van der Waals surface area contributed by atoms with Gasteiger partial charge in [0.2, 0.25) is 5.91 Å². The fraction of sp³-hybridized carbons (Fsp3) is 0.611. The van der Waals surface area contributed by atoms with E-state index in [9.17, 15) is 4.79 Å². The van der Waals surface area contributed by atoms with E-state index < -0.39 is 0 Å². The molecule has 2 fully saturated rings. The van der Waals surface area contributed by atoms with Crippen molar-refractivity contribution in [3.8, 4) is 0 Å². The van der Waals surface area contributed by atoms with Gasteiger partial charge in [0.05, 0.1) is 0 Å². The topological polar surface area (TPSA) is 44.4 Å². The number of carbonyl (C=O) groups excluding carboxylic acids is 1. The molecule has 0 spiro atoms. The average molecular weight is 380 g/mol. The van der Waals surface area contributed by atoms with Crippen LogP contribution >= 0.6 is 15.9 Å². The van der Waals surface area contributed by atoms with E-state index in [-0.39, 0.29) is 5.91 Å². The third kappa shape index (κ3) is 4.95. The number of halogens is 1. The molecule has 0 saturated carbocycles. The number of nitrogens with one attached hydrogen (secondary N) is 2. The van der Waals surface area contributed by atoms with Crippen molar-refractivity contribution in [1.29, 1.82) is 0 Å². The first kappa shape index (κ1) is 16.8. The van der Waals surface area contributed by atoms with Crippen molar-refractivity contribution in [2.24, 2.45) is 5.92 Å². The van der Waals surface area contributed by atoms with Crippen LogP contribution in [-0.2, 0) is 4.79 Å². The van der Waals surface area contributed by atoms with Crippen LogP contribution in [0.2, 0.25) is 0 Å². The summed E-state index contributed by atoms with van der Waals surface area (Å²) in [6.45, 7) is 4.15. The van der Waals surface area contributed by atoms with Gasteiger partial charge in [0, 0.05) is 35.7 Å². The van der Waals surface area contributed by atoms with Crippen molar-refractivity contribution in [2.45, 2.75) is 38.1 Å². The van der Waals surface area contributed by atoms with Crippen LogP contribution in [0.3, 0.4) is 0 Å². The molecule has 2 aliphatic rings. The summed E-state index contributed by atoms with van der Waals surface area (Å²) in [5, 5.41) is 6.60. The van der Waals surface area contributed by atoms with Crippen LogP contribution in [0.4, 0.5) is 5.69 Å². The highest BCUT2D eigenvalue weighted by Gasteiger charge is 2.24. The smallest absolute Gasteiger partial charge is 0.220 e. The molecule has 4 nitrogen and oxygen atoms in total. The first-order chi connectivity index (χ1) is 11.2. The Hall–Kier alpha value is -1.07. The number of nitrogens with zero attached hydrogens (tertiary/aromatic N) is 1. The minimum absolute atomic E-state index is 0.228. The van der Waals surface area contributed by atoms with Crippen LogP contribution < -0.4 is 15.5 Å². The van der Waals surface area contributed by atoms with E-state index in [4.69, 9.17) is 0 Å². The Morgan fingerprint density at radius 1 is 1.22 bits per heavy atom. The molecular weight excluding hydrogens is 354 g/mol. The highest BCUT2D eigenvalue weighted by atomic mass is 79.9. The molecule has 1 unspecified atom stereocenters. The fourth-order valence-corrected chi connectivity index (χ4v) is 3.83. The number of benzene rings is 1. The third-order valence-electron chi connectivity index (χ3n) is 4.98. The van der Waals surface area contributed by atoms with Crippen molar-refractivity contribution in [3.63, 3.8) is 0 Å². The van der Waals surface area contributed by atoms with Crippen molar-refractivity contribution in [3.05, 3.63) is 28.7 Å². The van der Waals surface area contributed by atoms with Gasteiger partial charge in [0.15, 0.2) is 0 Å². The number of rotatable bonds is 5. The maximum atomic E-state index is 12.2. The fourth-order valence-electron chi connectivity index (χ4n) is 3.57. The molecular formula is C18H26BrN3O. The molecule has 1 aromatic rings. The Morgan fingerprint density at radius 2 is 1.96 bits per heavy atom. The molecule has 1 amide bonds. The van der Waals surface area contributed by atoms with Crippen molar-refractivity contribution < 1.29 is 4.79 Å². The lowest BCUT2D eigenvalue weighted by Crippen LogP contribution is -2.37. The van der Waals surface area contributed by atoms with E-state index in [1.807, 2.05) is 0 Å². The monoisotopic (exact) mass is 379 g/mol. The van der Waals surface area contributed by atoms with E-state index in [2.05, 4.69) is 55.7 Å². The summed E-state index contributed by atoms with van der Waals surface area (Å²) in [6, 6.07) is 8.69. The van der Waals surface area contributed by atoms with Crippen LogP contribution in [-0.4, -0.2) is 38.1 Å². The molecule has 0 aliphatic carbocycles. The summed E-state index contributed by atoms with van der Waals surface area (Å²) >= 11 is 3.47. The SMILES string of the molecule is O=C(CCC1CCNCC1)NC1CCN(c2ccc(Br)cc2)C1. The number of piperidine rings is 1. The summed E-state index contributed by atoms with van der Waals surface area (Å²) in [5.41, 5.74) is 1.24. The van der Waals surface area contributed by atoms with Gasteiger partial charge in [-0.05, 0) is 69.0 Å². The molecule has 1 atom stereocenters. The standard InChI is InChI=1S/C18H26BrN3O/c19-15-2-4-17(5-3-15)22-12-9-16(13-22)21-18(23)6-1-14-7-10-20-11-8-14/h2-5,14,16,20H,1,6-13H2,(H,21,23). The van der Waals surface area contributed by atoms with E-state index in [0.29, 0.717) is 12.5 Å². The van der Waals surface area contributed by atoms with Crippen LogP contribution in [0.25, 0.3) is 0 Å². The summed E-state index contributed by atoms with van der Waals surface area (Å²) in [6.07, 6.45) is 5.19.